The summed E-state index contributed by atoms with van der Waals surface area (Å²) in [7, 11) is 0. The first kappa shape index (κ1) is 16.6. The Morgan fingerprint density at radius 1 is 1.17 bits per heavy atom. The number of esters is 2. The van der Waals surface area contributed by atoms with Gasteiger partial charge in [-0.15, -0.1) is 0 Å². The average Bonchev–Trinajstić information content (AvgIpc) is 2.13. The lowest BCUT2D eigenvalue weighted by Crippen LogP contribution is -2.21. The van der Waals surface area contributed by atoms with Crippen molar-refractivity contribution in [1.29, 1.82) is 0 Å². The van der Waals surface area contributed by atoms with Crippen LogP contribution in [0.1, 0.15) is 40.0 Å². The predicted octanol–water partition coefficient (Wildman–Crippen LogP) is 0.601. The number of Topliss-reactive ketones (excluding diaryl/α,β-unsaturated/α-hetero) is 1. The largest absolute Gasteiger partial charge is 0.465 e. The van der Waals surface area contributed by atoms with Gasteiger partial charge in [-0.05, 0) is 20.8 Å². The summed E-state index contributed by atoms with van der Waals surface area (Å²) in [6.07, 6.45) is -1.08. The van der Waals surface area contributed by atoms with Gasteiger partial charge in [-0.3, -0.25) is 14.4 Å². The molecule has 0 aliphatic carbocycles. The Morgan fingerprint density at radius 3 is 2.28 bits per heavy atom. The van der Waals surface area contributed by atoms with Gasteiger partial charge in [0.2, 0.25) is 0 Å². The van der Waals surface area contributed by atoms with Crippen LogP contribution in [-0.2, 0) is 23.9 Å². The molecule has 2 unspecified atom stereocenters. The highest BCUT2D eigenvalue weighted by Gasteiger charge is 2.13. The van der Waals surface area contributed by atoms with Crippen molar-refractivity contribution < 1.29 is 29.0 Å². The van der Waals surface area contributed by atoms with E-state index in [1.165, 1.54) is 13.8 Å². The summed E-state index contributed by atoms with van der Waals surface area (Å²) in [5, 5.41) is 8.97. The van der Waals surface area contributed by atoms with Gasteiger partial charge in [0, 0.05) is 6.42 Å². The smallest absolute Gasteiger partial charge is 0.313 e. The molecule has 0 aliphatic rings. The Morgan fingerprint density at radius 2 is 1.78 bits per heavy atom. The van der Waals surface area contributed by atoms with Crippen LogP contribution in [0.5, 0.6) is 0 Å². The standard InChI is InChI=1S/C12H20O6/c1-8(13)6-11(15)17-5-4-10(3)18-12(16)7-9(2)14/h9-10,14H,4-7H2,1-3H3. The summed E-state index contributed by atoms with van der Waals surface area (Å²) in [6.45, 7) is 4.56. The molecule has 6 nitrogen and oxygen atoms in total. The van der Waals surface area contributed by atoms with E-state index in [4.69, 9.17) is 14.6 Å². The topological polar surface area (TPSA) is 89.9 Å². The molecule has 0 amide bonds. The number of hydrogen-bond donors (Lipinski definition) is 1. The van der Waals surface area contributed by atoms with Crippen molar-refractivity contribution in [2.75, 3.05) is 6.61 Å². The number of ether oxygens (including phenoxy) is 2. The summed E-state index contributed by atoms with van der Waals surface area (Å²) in [4.78, 5) is 32.8. The highest BCUT2D eigenvalue weighted by atomic mass is 16.6. The molecule has 0 rings (SSSR count). The van der Waals surface area contributed by atoms with Crippen molar-refractivity contribution >= 4 is 17.7 Å². The van der Waals surface area contributed by atoms with Gasteiger partial charge >= 0.3 is 11.9 Å². The molecule has 0 aliphatic heterocycles. The minimum atomic E-state index is -0.738. The predicted molar refractivity (Wildman–Crippen MR) is 62.7 cm³/mol. The van der Waals surface area contributed by atoms with Gasteiger partial charge in [-0.25, -0.2) is 0 Å². The second kappa shape index (κ2) is 8.63. The van der Waals surface area contributed by atoms with Crippen molar-refractivity contribution in [1.82, 2.24) is 0 Å². The van der Waals surface area contributed by atoms with Gasteiger partial charge in [0.05, 0.1) is 19.1 Å². The zero-order valence-corrected chi connectivity index (χ0v) is 11.0. The van der Waals surface area contributed by atoms with Crippen LogP contribution in [0.2, 0.25) is 0 Å². The van der Waals surface area contributed by atoms with Crippen LogP contribution in [0, 0.1) is 0 Å². The fourth-order valence-electron chi connectivity index (χ4n) is 1.17. The van der Waals surface area contributed by atoms with Gasteiger partial charge < -0.3 is 14.6 Å². The van der Waals surface area contributed by atoms with Crippen LogP contribution < -0.4 is 0 Å². The summed E-state index contributed by atoms with van der Waals surface area (Å²) >= 11 is 0. The molecular weight excluding hydrogens is 240 g/mol. The van der Waals surface area contributed by atoms with Crippen LogP contribution in [0.15, 0.2) is 0 Å². The Hall–Kier alpha value is -1.43. The fourth-order valence-corrected chi connectivity index (χ4v) is 1.17. The molecule has 0 heterocycles. The molecule has 1 N–H and O–H groups in total. The first-order valence-electron chi connectivity index (χ1n) is 5.84. The van der Waals surface area contributed by atoms with E-state index in [9.17, 15) is 14.4 Å². The highest BCUT2D eigenvalue weighted by molar-refractivity contribution is 5.94. The number of aliphatic hydroxyl groups excluding tert-OH is 1. The summed E-state index contributed by atoms with van der Waals surface area (Å²) < 4.78 is 9.75. The van der Waals surface area contributed by atoms with Crippen molar-refractivity contribution in [3.8, 4) is 0 Å². The molecule has 0 aromatic heterocycles. The molecule has 104 valence electrons. The van der Waals surface area contributed by atoms with Crippen molar-refractivity contribution in [3.05, 3.63) is 0 Å². The summed E-state index contributed by atoms with van der Waals surface area (Å²) in [6, 6.07) is 0. The fraction of sp³-hybridized carbons (Fsp3) is 0.750. The number of ketones is 1. The van der Waals surface area contributed by atoms with Crippen molar-refractivity contribution in [3.63, 3.8) is 0 Å². The lowest BCUT2D eigenvalue weighted by atomic mass is 10.2. The quantitative estimate of drug-likeness (QED) is 0.507. The third-order valence-electron chi connectivity index (χ3n) is 1.98. The zero-order valence-electron chi connectivity index (χ0n) is 11.0. The maximum absolute atomic E-state index is 11.2. The van der Waals surface area contributed by atoms with Crippen LogP contribution in [0.3, 0.4) is 0 Å². The number of aliphatic hydroxyl groups is 1. The molecule has 0 saturated heterocycles. The molecular formula is C12H20O6. The molecule has 0 radical (unpaired) electrons. The molecule has 0 saturated carbocycles. The van der Waals surface area contributed by atoms with E-state index < -0.39 is 24.1 Å². The second-order valence-corrected chi connectivity index (χ2v) is 4.24. The first-order chi connectivity index (χ1) is 8.31. The first-order valence-corrected chi connectivity index (χ1v) is 5.84. The van der Waals surface area contributed by atoms with E-state index in [0.717, 1.165) is 0 Å². The van der Waals surface area contributed by atoms with E-state index in [-0.39, 0.29) is 25.2 Å². The Kier molecular flexibility index (Phi) is 7.94. The maximum atomic E-state index is 11.2. The van der Waals surface area contributed by atoms with Gasteiger partial charge in [0.15, 0.2) is 0 Å². The molecule has 0 spiro atoms. The summed E-state index contributed by atoms with van der Waals surface area (Å²) in [5.41, 5.74) is 0. The third kappa shape index (κ3) is 9.77. The summed E-state index contributed by atoms with van der Waals surface area (Å²) in [5.74, 6) is -1.33. The average molecular weight is 260 g/mol. The minimum Gasteiger partial charge on any atom is -0.465 e. The molecule has 2 atom stereocenters. The van der Waals surface area contributed by atoms with E-state index >= 15 is 0 Å². The Bertz CT molecular complexity index is 297. The molecule has 0 bridgehead atoms. The lowest BCUT2D eigenvalue weighted by molar-refractivity contribution is -0.152. The van der Waals surface area contributed by atoms with Crippen molar-refractivity contribution in [2.45, 2.75) is 52.2 Å². The van der Waals surface area contributed by atoms with E-state index in [1.54, 1.807) is 6.92 Å². The van der Waals surface area contributed by atoms with Crippen LogP contribution in [-0.4, -0.2) is 41.6 Å². The van der Waals surface area contributed by atoms with E-state index in [1.807, 2.05) is 0 Å². The van der Waals surface area contributed by atoms with Gasteiger partial charge in [0.25, 0.3) is 0 Å². The van der Waals surface area contributed by atoms with Crippen LogP contribution in [0.25, 0.3) is 0 Å². The molecule has 0 aromatic rings. The van der Waals surface area contributed by atoms with Gasteiger partial charge in [-0.1, -0.05) is 0 Å². The molecule has 18 heavy (non-hydrogen) atoms. The number of carbonyl (C=O) groups is 3. The SMILES string of the molecule is CC(=O)CC(=O)OCCC(C)OC(=O)CC(C)O. The highest BCUT2D eigenvalue weighted by Crippen LogP contribution is 2.03. The van der Waals surface area contributed by atoms with E-state index in [2.05, 4.69) is 0 Å². The lowest BCUT2D eigenvalue weighted by Gasteiger charge is -2.13. The van der Waals surface area contributed by atoms with Gasteiger partial charge in [-0.2, -0.15) is 0 Å². The number of rotatable bonds is 8. The Balaban J connectivity index is 3.70. The molecule has 0 aromatic carbocycles. The Labute approximate surface area is 106 Å². The van der Waals surface area contributed by atoms with Crippen molar-refractivity contribution in [2.24, 2.45) is 0 Å². The molecule has 0 fully saturated rings. The number of hydrogen-bond acceptors (Lipinski definition) is 6. The molecule has 6 heteroatoms. The minimum absolute atomic E-state index is 0.0610. The zero-order chi connectivity index (χ0) is 14.1. The van der Waals surface area contributed by atoms with Crippen LogP contribution >= 0.6 is 0 Å². The maximum Gasteiger partial charge on any atom is 0.313 e. The second-order valence-electron chi connectivity index (χ2n) is 4.24. The third-order valence-corrected chi connectivity index (χ3v) is 1.98. The van der Waals surface area contributed by atoms with Gasteiger partial charge in [0.1, 0.15) is 18.3 Å². The van der Waals surface area contributed by atoms with E-state index in [0.29, 0.717) is 6.42 Å². The normalized spacial score (nSPS) is 13.6. The number of carbonyl (C=O) groups excluding carboxylic acids is 3. The van der Waals surface area contributed by atoms with Crippen LogP contribution in [0.4, 0.5) is 0 Å². The monoisotopic (exact) mass is 260 g/mol.